The number of halogens is 3. The molecule has 1 heterocycles. The van der Waals surface area contributed by atoms with E-state index in [0.29, 0.717) is 0 Å². The van der Waals surface area contributed by atoms with Crippen molar-refractivity contribution >= 4 is 0 Å². The fraction of sp³-hybridized carbons (Fsp3) is 0.500. The van der Waals surface area contributed by atoms with Crippen molar-refractivity contribution in [2.45, 2.75) is 31.5 Å². The van der Waals surface area contributed by atoms with Crippen LogP contribution in [-0.2, 0) is 6.18 Å². The normalized spacial score (nSPS) is 22.1. The Hall–Kier alpha value is -1.03. The van der Waals surface area contributed by atoms with E-state index >= 15 is 0 Å². The van der Waals surface area contributed by atoms with Crippen molar-refractivity contribution in [2.24, 2.45) is 0 Å². The smallest absolute Gasteiger partial charge is 0.340 e. The van der Waals surface area contributed by atoms with Crippen molar-refractivity contribution in [1.82, 2.24) is 0 Å². The zero-order valence-corrected chi connectivity index (χ0v) is 8.93. The summed E-state index contributed by atoms with van der Waals surface area (Å²) in [5.74, 6) is 0. The second kappa shape index (κ2) is 4.45. The van der Waals surface area contributed by atoms with Gasteiger partial charge in [-0.15, -0.1) is 0 Å². The molecule has 0 spiro atoms. The van der Waals surface area contributed by atoms with E-state index in [1.807, 2.05) is 0 Å². The van der Waals surface area contributed by atoms with Gasteiger partial charge in [0.05, 0.1) is 12.1 Å². The maximum absolute atomic E-state index is 12.5. The summed E-state index contributed by atoms with van der Waals surface area (Å²) in [6.07, 6.45) is -0.987. The fourth-order valence-corrected chi connectivity index (χ4v) is 2.19. The van der Waals surface area contributed by atoms with E-state index in [9.17, 15) is 13.2 Å². The third kappa shape index (κ3) is 2.55. The monoisotopic (exact) mass is 230 g/mol. The van der Waals surface area contributed by atoms with Gasteiger partial charge in [-0.1, -0.05) is 12.1 Å². The molecule has 2 rings (SSSR count). The van der Waals surface area contributed by atoms with E-state index in [1.165, 1.54) is 12.1 Å². The Balaban J connectivity index is 2.21. The van der Waals surface area contributed by atoms with E-state index < -0.39 is 11.7 Å². The van der Waals surface area contributed by atoms with Gasteiger partial charge in [0, 0.05) is 12.0 Å². The lowest BCUT2D eigenvalue weighted by atomic mass is 9.96. The maximum Gasteiger partial charge on any atom is 0.416 e. The quantitative estimate of drug-likeness (QED) is 0.763. The molecule has 88 valence electrons. The van der Waals surface area contributed by atoms with Crippen LogP contribution in [0.1, 0.15) is 36.4 Å². The minimum atomic E-state index is -4.23. The van der Waals surface area contributed by atoms with Gasteiger partial charge in [-0.05, 0) is 25.0 Å². The summed E-state index contributed by atoms with van der Waals surface area (Å²) in [5, 5.41) is 2.14. The Morgan fingerprint density at radius 2 is 2.00 bits per heavy atom. The molecular weight excluding hydrogens is 215 g/mol. The lowest BCUT2D eigenvalue weighted by Crippen LogP contribution is -2.86. The highest BCUT2D eigenvalue weighted by atomic mass is 19.4. The second-order valence-electron chi connectivity index (χ2n) is 4.25. The van der Waals surface area contributed by atoms with Crippen LogP contribution < -0.4 is 5.32 Å². The Labute approximate surface area is 92.7 Å². The molecule has 0 radical (unpaired) electrons. The van der Waals surface area contributed by atoms with E-state index in [2.05, 4.69) is 5.32 Å². The Morgan fingerprint density at radius 3 is 2.62 bits per heavy atom. The van der Waals surface area contributed by atoms with E-state index in [0.717, 1.165) is 37.4 Å². The number of piperidine rings is 1. The highest BCUT2D eigenvalue weighted by molar-refractivity contribution is 5.27. The fourth-order valence-electron chi connectivity index (χ4n) is 2.19. The first-order valence-electron chi connectivity index (χ1n) is 5.58. The molecule has 1 atom stereocenters. The summed E-state index contributed by atoms with van der Waals surface area (Å²) in [6, 6.07) is 5.91. The van der Waals surface area contributed by atoms with Crippen molar-refractivity contribution in [3.63, 3.8) is 0 Å². The summed E-state index contributed by atoms with van der Waals surface area (Å²) >= 11 is 0. The first-order chi connectivity index (χ1) is 7.57. The molecule has 0 aromatic heterocycles. The van der Waals surface area contributed by atoms with Crippen LogP contribution in [0, 0.1) is 0 Å². The summed E-state index contributed by atoms with van der Waals surface area (Å²) in [4.78, 5) is 0. The Kier molecular flexibility index (Phi) is 3.19. The van der Waals surface area contributed by atoms with Gasteiger partial charge in [-0.25, -0.2) is 0 Å². The molecule has 1 aromatic carbocycles. The van der Waals surface area contributed by atoms with Crippen molar-refractivity contribution in [1.29, 1.82) is 0 Å². The van der Waals surface area contributed by atoms with E-state index in [4.69, 9.17) is 0 Å². The summed E-state index contributed by atoms with van der Waals surface area (Å²) in [6.45, 7) is 1.01. The van der Waals surface area contributed by atoms with Crippen LogP contribution in [0.2, 0.25) is 0 Å². The van der Waals surface area contributed by atoms with Crippen LogP contribution in [0.5, 0.6) is 0 Å². The number of hydrogen-bond acceptors (Lipinski definition) is 0. The van der Waals surface area contributed by atoms with Crippen molar-refractivity contribution in [3.05, 3.63) is 35.4 Å². The maximum atomic E-state index is 12.5. The molecule has 1 nitrogen and oxygen atoms in total. The van der Waals surface area contributed by atoms with Crippen molar-refractivity contribution in [3.8, 4) is 0 Å². The van der Waals surface area contributed by atoms with Crippen LogP contribution in [-0.4, -0.2) is 6.54 Å². The number of nitrogens with two attached hydrogens (primary N) is 1. The second-order valence-corrected chi connectivity index (χ2v) is 4.25. The minimum Gasteiger partial charge on any atom is -0.340 e. The van der Waals surface area contributed by atoms with Gasteiger partial charge in [-0.3, -0.25) is 0 Å². The lowest BCUT2D eigenvalue weighted by molar-refractivity contribution is -0.704. The molecule has 0 bridgehead atoms. The highest BCUT2D eigenvalue weighted by Crippen LogP contribution is 2.31. The molecule has 1 aliphatic heterocycles. The highest BCUT2D eigenvalue weighted by Gasteiger charge is 2.31. The Bertz CT molecular complexity index is 354. The number of hydrogen-bond donors (Lipinski definition) is 1. The summed E-state index contributed by atoms with van der Waals surface area (Å²) < 4.78 is 37.6. The molecule has 1 saturated heterocycles. The molecule has 1 aromatic rings. The first-order valence-corrected chi connectivity index (χ1v) is 5.58. The van der Waals surface area contributed by atoms with Gasteiger partial charge in [0.2, 0.25) is 0 Å². The Morgan fingerprint density at radius 1 is 1.19 bits per heavy atom. The molecular formula is C12H15F3N+. The molecule has 0 saturated carbocycles. The topological polar surface area (TPSA) is 16.6 Å². The van der Waals surface area contributed by atoms with Crippen LogP contribution >= 0.6 is 0 Å². The third-order valence-corrected chi connectivity index (χ3v) is 3.06. The number of quaternary nitrogens is 1. The van der Waals surface area contributed by atoms with Crippen LogP contribution in [0.4, 0.5) is 13.2 Å². The SMILES string of the molecule is FC(F)(F)c1cccc([C@@H]2CCCC[NH2+]2)c1. The lowest BCUT2D eigenvalue weighted by Gasteiger charge is -2.21. The van der Waals surface area contributed by atoms with E-state index in [1.54, 1.807) is 6.07 Å². The first kappa shape index (κ1) is 11.5. The third-order valence-electron chi connectivity index (χ3n) is 3.06. The van der Waals surface area contributed by atoms with Gasteiger partial charge in [0.15, 0.2) is 0 Å². The summed E-state index contributed by atoms with van der Waals surface area (Å²) in [7, 11) is 0. The standard InChI is InChI=1S/C12H14F3N/c13-12(14,15)10-5-3-4-9(8-10)11-6-1-2-7-16-11/h3-5,8,11,16H,1-2,6-7H2/p+1/t11-/m0/s1. The van der Waals surface area contributed by atoms with Crippen molar-refractivity contribution < 1.29 is 18.5 Å². The van der Waals surface area contributed by atoms with Crippen LogP contribution in [0.15, 0.2) is 24.3 Å². The largest absolute Gasteiger partial charge is 0.416 e. The van der Waals surface area contributed by atoms with Gasteiger partial charge in [-0.2, -0.15) is 13.2 Å². The number of benzene rings is 1. The molecule has 4 heteroatoms. The van der Waals surface area contributed by atoms with Gasteiger partial charge in [0.1, 0.15) is 6.04 Å². The average Bonchev–Trinajstić information content (AvgIpc) is 2.29. The predicted octanol–water partition coefficient (Wildman–Crippen LogP) is 2.49. The zero-order chi connectivity index (χ0) is 11.6. The number of rotatable bonds is 1. The minimum absolute atomic E-state index is 0.205. The molecule has 16 heavy (non-hydrogen) atoms. The van der Waals surface area contributed by atoms with Crippen LogP contribution in [0.3, 0.4) is 0 Å². The van der Waals surface area contributed by atoms with Gasteiger partial charge < -0.3 is 5.32 Å². The molecule has 1 fully saturated rings. The molecule has 0 unspecified atom stereocenters. The van der Waals surface area contributed by atoms with E-state index in [-0.39, 0.29) is 6.04 Å². The van der Waals surface area contributed by atoms with Gasteiger partial charge >= 0.3 is 6.18 Å². The molecule has 1 aliphatic rings. The predicted molar refractivity (Wildman–Crippen MR) is 54.8 cm³/mol. The number of alkyl halides is 3. The van der Waals surface area contributed by atoms with Gasteiger partial charge in [0.25, 0.3) is 0 Å². The molecule has 2 N–H and O–H groups in total. The summed E-state index contributed by atoms with van der Waals surface area (Å²) in [5.41, 5.74) is 0.262. The molecule has 0 amide bonds. The average molecular weight is 230 g/mol. The van der Waals surface area contributed by atoms with Crippen LogP contribution in [0.25, 0.3) is 0 Å². The molecule has 0 aliphatic carbocycles. The van der Waals surface area contributed by atoms with Crippen molar-refractivity contribution in [2.75, 3.05) is 6.54 Å². The zero-order valence-electron chi connectivity index (χ0n) is 8.93.